The standard InChI is InChI=1S/C9H7BrO3/c10-6-3-5-1-2-13-8(5)7(4-6)9(11)12/h3-4H,1-2H2,(H,11,12)/p-1. The molecule has 0 saturated heterocycles. The van der Waals surface area contributed by atoms with Crippen molar-refractivity contribution in [2.75, 3.05) is 6.61 Å². The number of ether oxygens (including phenoxy) is 1. The number of hydrogen-bond acceptors (Lipinski definition) is 3. The Labute approximate surface area is 83.5 Å². The molecule has 0 aliphatic carbocycles. The van der Waals surface area contributed by atoms with Gasteiger partial charge in [0.25, 0.3) is 0 Å². The molecule has 1 aliphatic heterocycles. The van der Waals surface area contributed by atoms with Gasteiger partial charge in [-0.1, -0.05) is 15.9 Å². The number of rotatable bonds is 1. The lowest BCUT2D eigenvalue weighted by Crippen LogP contribution is -2.22. The second-order valence-electron chi connectivity index (χ2n) is 2.83. The van der Waals surface area contributed by atoms with E-state index in [1.165, 1.54) is 6.07 Å². The maximum absolute atomic E-state index is 10.7. The van der Waals surface area contributed by atoms with E-state index < -0.39 is 5.97 Å². The number of carbonyl (C=O) groups excluding carboxylic acids is 1. The van der Waals surface area contributed by atoms with Gasteiger partial charge in [0.15, 0.2) is 0 Å². The molecule has 13 heavy (non-hydrogen) atoms. The Morgan fingerprint density at radius 3 is 3.00 bits per heavy atom. The van der Waals surface area contributed by atoms with E-state index in [9.17, 15) is 9.90 Å². The van der Waals surface area contributed by atoms with Crippen LogP contribution in [0.5, 0.6) is 5.75 Å². The molecule has 0 radical (unpaired) electrons. The van der Waals surface area contributed by atoms with Crippen LogP contribution in [0.4, 0.5) is 0 Å². The molecule has 0 bridgehead atoms. The smallest absolute Gasteiger partial charge is 0.131 e. The fourth-order valence-corrected chi connectivity index (χ4v) is 1.93. The number of hydrogen-bond donors (Lipinski definition) is 0. The molecule has 3 nitrogen and oxygen atoms in total. The number of halogens is 1. The van der Waals surface area contributed by atoms with Crippen molar-refractivity contribution >= 4 is 21.9 Å². The summed E-state index contributed by atoms with van der Waals surface area (Å²) in [4.78, 5) is 10.7. The number of fused-ring (bicyclic) bond motifs is 1. The average molecular weight is 242 g/mol. The van der Waals surface area contributed by atoms with Crippen LogP contribution in [0.1, 0.15) is 15.9 Å². The zero-order valence-corrected chi connectivity index (χ0v) is 8.26. The quantitative estimate of drug-likeness (QED) is 0.730. The Balaban J connectivity index is 2.62. The summed E-state index contributed by atoms with van der Waals surface area (Å²) in [5.41, 5.74) is 1.05. The first-order chi connectivity index (χ1) is 6.18. The Bertz CT molecular complexity index is 373. The number of carbonyl (C=O) groups is 1. The maximum atomic E-state index is 10.7. The summed E-state index contributed by atoms with van der Waals surface area (Å²) >= 11 is 3.24. The largest absolute Gasteiger partial charge is 0.545 e. The van der Waals surface area contributed by atoms with Gasteiger partial charge in [-0.05, 0) is 17.7 Å². The molecule has 0 unspecified atom stereocenters. The topological polar surface area (TPSA) is 49.4 Å². The van der Waals surface area contributed by atoms with Gasteiger partial charge in [-0.2, -0.15) is 0 Å². The minimum absolute atomic E-state index is 0.127. The Morgan fingerprint density at radius 1 is 1.54 bits per heavy atom. The van der Waals surface area contributed by atoms with Gasteiger partial charge in [-0.15, -0.1) is 0 Å². The fraction of sp³-hybridized carbons (Fsp3) is 0.222. The molecule has 1 aliphatic rings. The molecule has 4 heteroatoms. The second-order valence-corrected chi connectivity index (χ2v) is 3.74. The van der Waals surface area contributed by atoms with Crippen LogP contribution < -0.4 is 9.84 Å². The molecular formula is C9H6BrO3-. The summed E-state index contributed by atoms with van der Waals surface area (Å²) in [6, 6.07) is 3.37. The molecule has 0 aromatic heterocycles. The van der Waals surface area contributed by atoms with Crippen LogP contribution in [-0.2, 0) is 6.42 Å². The van der Waals surface area contributed by atoms with Gasteiger partial charge in [-0.25, -0.2) is 0 Å². The fourth-order valence-electron chi connectivity index (χ4n) is 1.42. The van der Waals surface area contributed by atoms with Crippen molar-refractivity contribution in [1.82, 2.24) is 0 Å². The average Bonchev–Trinajstić information content (AvgIpc) is 2.49. The minimum Gasteiger partial charge on any atom is -0.545 e. The van der Waals surface area contributed by atoms with Crippen molar-refractivity contribution < 1.29 is 14.6 Å². The molecule has 0 spiro atoms. The zero-order valence-electron chi connectivity index (χ0n) is 6.67. The number of aromatic carboxylic acids is 1. The molecular weight excluding hydrogens is 236 g/mol. The van der Waals surface area contributed by atoms with Crippen molar-refractivity contribution in [3.8, 4) is 5.75 Å². The minimum atomic E-state index is -1.19. The van der Waals surface area contributed by atoms with E-state index in [-0.39, 0.29) is 5.56 Å². The summed E-state index contributed by atoms with van der Waals surface area (Å²) in [5.74, 6) is -0.734. The summed E-state index contributed by atoms with van der Waals surface area (Å²) in [6.07, 6.45) is 0.759. The zero-order chi connectivity index (χ0) is 9.42. The monoisotopic (exact) mass is 241 g/mol. The molecule has 1 heterocycles. The Hall–Kier alpha value is -1.03. The number of carboxylic acids is 1. The van der Waals surface area contributed by atoms with Crippen molar-refractivity contribution in [2.45, 2.75) is 6.42 Å². The number of carboxylic acid groups (broad SMARTS) is 1. The lowest BCUT2D eigenvalue weighted by atomic mass is 10.1. The summed E-state index contributed by atoms with van der Waals surface area (Å²) < 4.78 is 5.95. The SMILES string of the molecule is O=C([O-])c1cc(Br)cc2c1OCC2. The van der Waals surface area contributed by atoms with Gasteiger partial charge in [0.1, 0.15) is 5.75 Å². The lowest BCUT2D eigenvalue weighted by molar-refractivity contribution is -0.255. The molecule has 0 fully saturated rings. The first-order valence-corrected chi connectivity index (χ1v) is 4.64. The van der Waals surface area contributed by atoms with Crippen LogP contribution in [0.3, 0.4) is 0 Å². The van der Waals surface area contributed by atoms with E-state index in [0.717, 1.165) is 16.5 Å². The molecule has 1 aromatic carbocycles. The van der Waals surface area contributed by atoms with Gasteiger partial charge in [0.2, 0.25) is 0 Å². The van der Waals surface area contributed by atoms with Crippen molar-refractivity contribution in [3.63, 3.8) is 0 Å². The van der Waals surface area contributed by atoms with Crippen molar-refractivity contribution in [1.29, 1.82) is 0 Å². The van der Waals surface area contributed by atoms with E-state index in [1.54, 1.807) is 0 Å². The van der Waals surface area contributed by atoms with E-state index >= 15 is 0 Å². The third kappa shape index (κ3) is 1.42. The summed E-state index contributed by atoms with van der Waals surface area (Å²) in [6.45, 7) is 0.548. The molecule has 0 saturated carbocycles. The second kappa shape index (κ2) is 3.03. The van der Waals surface area contributed by atoms with Gasteiger partial charge in [0.05, 0.1) is 12.6 Å². The normalized spacial score (nSPS) is 13.6. The Kier molecular flexibility index (Phi) is 2.00. The molecule has 68 valence electrons. The molecule has 0 N–H and O–H groups in total. The van der Waals surface area contributed by atoms with E-state index in [2.05, 4.69) is 15.9 Å². The van der Waals surface area contributed by atoms with Crippen molar-refractivity contribution in [2.24, 2.45) is 0 Å². The third-order valence-corrected chi connectivity index (χ3v) is 2.43. The van der Waals surface area contributed by atoms with Crippen LogP contribution in [0, 0.1) is 0 Å². The third-order valence-electron chi connectivity index (χ3n) is 1.97. The lowest BCUT2D eigenvalue weighted by Gasteiger charge is -2.08. The van der Waals surface area contributed by atoms with Gasteiger partial charge in [-0.3, -0.25) is 0 Å². The van der Waals surface area contributed by atoms with Crippen LogP contribution >= 0.6 is 15.9 Å². The molecule has 1 aromatic rings. The van der Waals surface area contributed by atoms with Crippen LogP contribution in [0.25, 0.3) is 0 Å². The van der Waals surface area contributed by atoms with Gasteiger partial charge in [0, 0.05) is 16.5 Å². The number of benzene rings is 1. The summed E-state index contributed by atoms with van der Waals surface area (Å²) in [5, 5.41) is 10.7. The van der Waals surface area contributed by atoms with E-state index in [0.29, 0.717) is 12.4 Å². The molecule has 0 atom stereocenters. The van der Waals surface area contributed by atoms with Crippen molar-refractivity contribution in [3.05, 3.63) is 27.7 Å². The van der Waals surface area contributed by atoms with Gasteiger partial charge < -0.3 is 14.6 Å². The van der Waals surface area contributed by atoms with Crippen LogP contribution in [0.2, 0.25) is 0 Å². The van der Waals surface area contributed by atoms with Crippen LogP contribution in [0.15, 0.2) is 16.6 Å². The first-order valence-electron chi connectivity index (χ1n) is 3.85. The molecule has 2 rings (SSSR count). The van der Waals surface area contributed by atoms with Gasteiger partial charge >= 0.3 is 0 Å². The highest BCUT2D eigenvalue weighted by atomic mass is 79.9. The van der Waals surface area contributed by atoms with E-state index in [4.69, 9.17) is 4.74 Å². The Morgan fingerprint density at radius 2 is 2.31 bits per heavy atom. The van der Waals surface area contributed by atoms with E-state index in [1.807, 2.05) is 6.07 Å². The predicted octanol–water partition coefficient (Wildman–Crippen LogP) is 0.747. The highest BCUT2D eigenvalue weighted by molar-refractivity contribution is 9.10. The highest BCUT2D eigenvalue weighted by Crippen LogP contribution is 2.32. The highest BCUT2D eigenvalue weighted by Gasteiger charge is 2.17. The summed E-state index contributed by atoms with van der Waals surface area (Å²) in [7, 11) is 0. The predicted molar refractivity (Wildman–Crippen MR) is 47.7 cm³/mol. The first kappa shape index (κ1) is 8.56. The van der Waals surface area contributed by atoms with Crippen LogP contribution in [-0.4, -0.2) is 12.6 Å². The maximum Gasteiger partial charge on any atom is 0.131 e. The molecule has 0 amide bonds.